The molecule has 0 radical (unpaired) electrons. The van der Waals surface area contributed by atoms with E-state index in [4.69, 9.17) is 9.47 Å². The van der Waals surface area contributed by atoms with Crippen molar-refractivity contribution < 1.29 is 9.47 Å². The van der Waals surface area contributed by atoms with Gasteiger partial charge in [0.25, 0.3) is 0 Å². The summed E-state index contributed by atoms with van der Waals surface area (Å²) in [6.45, 7) is 6.37. The molecule has 0 aromatic heterocycles. The van der Waals surface area contributed by atoms with Gasteiger partial charge in [0.05, 0.1) is 12.3 Å². The standard InChI is InChI=1S/C13H21NO2/c1-4-7-14-12-6-5-11(2)10-13(12)16-9-8-15-3/h5-6,10,14H,4,7-9H2,1-3H3. The third-order valence-electron chi connectivity index (χ3n) is 2.25. The zero-order chi connectivity index (χ0) is 11.8. The molecule has 0 bridgehead atoms. The lowest BCUT2D eigenvalue weighted by molar-refractivity contribution is 0.146. The van der Waals surface area contributed by atoms with E-state index in [1.165, 1.54) is 5.56 Å². The van der Waals surface area contributed by atoms with Gasteiger partial charge in [0.2, 0.25) is 0 Å². The second-order valence-corrected chi connectivity index (χ2v) is 3.77. The fourth-order valence-corrected chi connectivity index (χ4v) is 1.39. The van der Waals surface area contributed by atoms with E-state index in [1.807, 2.05) is 6.07 Å². The Balaban J connectivity index is 2.65. The van der Waals surface area contributed by atoms with Crippen LogP contribution in [-0.2, 0) is 4.74 Å². The average Bonchev–Trinajstić information content (AvgIpc) is 2.28. The Hall–Kier alpha value is -1.22. The smallest absolute Gasteiger partial charge is 0.142 e. The van der Waals surface area contributed by atoms with Crippen LogP contribution in [0, 0.1) is 6.92 Å². The number of benzene rings is 1. The molecule has 1 rings (SSSR count). The monoisotopic (exact) mass is 223 g/mol. The fourth-order valence-electron chi connectivity index (χ4n) is 1.39. The summed E-state index contributed by atoms with van der Waals surface area (Å²) in [5.41, 5.74) is 2.26. The summed E-state index contributed by atoms with van der Waals surface area (Å²) in [4.78, 5) is 0. The van der Waals surface area contributed by atoms with Gasteiger partial charge in [-0.1, -0.05) is 13.0 Å². The average molecular weight is 223 g/mol. The van der Waals surface area contributed by atoms with Gasteiger partial charge in [-0.05, 0) is 31.0 Å². The molecule has 0 saturated carbocycles. The second-order valence-electron chi connectivity index (χ2n) is 3.77. The Morgan fingerprint density at radius 2 is 2.06 bits per heavy atom. The fraction of sp³-hybridized carbons (Fsp3) is 0.538. The molecular formula is C13H21NO2. The zero-order valence-electron chi connectivity index (χ0n) is 10.4. The summed E-state index contributed by atoms with van der Waals surface area (Å²) in [6.07, 6.45) is 1.10. The predicted octanol–water partition coefficient (Wildman–Crippen LogP) is 2.84. The summed E-state index contributed by atoms with van der Waals surface area (Å²) in [5.74, 6) is 0.908. The van der Waals surface area contributed by atoms with Crippen LogP contribution >= 0.6 is 0 Å². The van der Waals surface area contributed by atoms with Crippen LogP contribution in [0.5, 0.6) is 5.75 Å². The second kappa shape index (κ2) is 7.12. The topological polar surface area (TPSA) is 30.5 Å². The van der Waals surface area contributed by atoms with E-state index in [1.54, 1.807) is 7.11 Å². The van der Waals surface area contributed by atoms with E-state index in [0.717, 1.165) is 24.4 Å². The van der Waals surface area contributed by atoms with Gasteiger partial charge in [-0.3, -0.25) is 0 Å². The van der Waals surface area contributed by atoms with E-state index in [-0.39, 0.29) is 0 Å². The minimum atomic E-state index is 0.584. The number of aryl methyl sites for hydroxylation is 1. The maximum Gasteiger partial charge on any atom is 0.142 e. The zero-order valence-corrected chi connectivity index (χ0v) is 10.4. The number of hydrogen-bond acceptors (Lipinski definition) is 3. The first-order valence-corrected chi connectivity index (χ1v) is 5.74. The van der Waals surface area contributed by atoms with Crippen LogP contribution < -0.4 is 10.1 Å². The number of methoxy groups -OCH3 is 1. The molecule has 16 heavy (non-hydrogen) atoms. The molecule has 0 saturated heterocycles. The molecule has 0 amide bonds. The van der Waals surface area contributed by atoms with Crippen molar-refractivity contribution >= 4 is 5.69 Å². The van der Waals surface area contributed by atoms with Crippen molar-refractivity contribution in [2.24, 2.45) is 0 Å². The summed E-state index contributed by atoms with van der Waals surface area (Å²) in [6, 6.07) is 6.20. The quantitative estimate of drug-likeness (QED) is 0.721. The van der Waals surface area contributed by atoms with Crippen molar-refractivity contribution in [2.45, 2.75) is 20.3 Å². The van der Waals surface area contributed by atoms with Gasteiger partial charge >= 0.3 is 0 Å². The number of hydrogen-bond donors (Lipinski definition) is 1. The highest BCUT2D eigenvalue weighted by Crippen LogP contribution is 2.25. The molecular weight excluding hydrogens is 202 g/mol. The molecule has 3 heteroatoms. The van der Waals surface area contributed by atoms with Crippen LogP contribution in [0.2, 0.25) is 0 Å². The van der Waals surface area contributed by atoms with Crippen molar-refractivity contribution in [3.63, 3.8) is 0 Å². The van der Waals surface area contributed by atoms with Crippen molar-refractivity contribution in [1.29, 1.82) is 0 Å². The summed E-state index contributed by atoms with van der Waals surface area (Å²) >= 11 is 0. The molecule has 0 aliphatic heterocycles. The number of anilines is 1. The van der Waals surface area contributed by atoms with Gasteiger partial charge in [-0.2, -0.15) is 0 Å². The largest absolute Gasteiger partial charge is 0.489 e. The van der Waals surface area contributed by atoms with Gasteiger partial charge in [-0.15, -0.1) is 0 Å². The first-order valence-electron chi connectivity index (χ1n) is 5.74. The van der Waals surface area contributed by atoms with Crippen LogP contribution in [0.1, 0.15) is 18.9 Å². The van der Waals surface area contributed by atoms with Crippen molar-refractivity contribution in [3.05, 3.63) is 23.8 Å². The molecule has 3 nitrogen and oxygen atoms in total. The molecule has 0 unspecified atom stereocenters. The third-order valence-corrected chi connectivity index (χ3v) is 2.25. The Morgan fingerprint density at radius 1 is 1.25 bits per heavy atom. The van der Waals surface area contributed by atoms with E-state index < -0.39 is 0 Å². The van der Waals surface area contributed by atoms with Crippen LogP contribution in [0.25, 0.3) is 0 Å². The van der Waals surface area contributed by atoms with E-state index >= 15 is 0 Å². The number of rotatable bonds is 7. The van der Waals surface area contributed by atoms with Crippen LogP contribution in [0.4, 0.5) is 5.69 Å². The first kappa shape index (κ1) is 12.8. The van der Waals surface area contributed by atoms with Gasteiger partial charge in [0.1, 0.15) is 12.4 Å². The summed E-state index contributed by atoms with van der Waals surface area (Å²) < 4.78 is 10.6. The lowest BCUT2D eigenvalue weighted by atomic mass is 10.2. The molecule has 0 aliphatic rings. The molecule has 0 aliphatic carbocycles. The highest BCUT2D eigenvalue weighted by molar-refractivity contribution is 5.57. The Labute approximate surface area is 97.8 Å². The SMILES string of the molecule is CCCNc1ccc(C)cc1OCCOC. The highest BCUT2D eigenvalue weighted by atomic mass is 16.5. The summed E-state index contributed by atoms with van der Waals surface area (Å²) in [7, 11) is 1.68. The van der Waals surface area contributed by atoms with Gasteiger partial charge in [-0.25, -0.2) is 0 Å². The molecule has 1 aromatic carbocycles. The maximum atomic E-state index is 5.67. The third kappa shape index (κ3) is 4.11. The number of ether oxygens (including phenoxy) is 2. The molecule has 0 heterocycles. The highest BCUT2D eigenvalue weighted by Gasteiger charge is 2.03. The van der Waals surface area contributed by atoms with Gasteiger partial charge < -0.3 is 14.8 Å². The minimum Gasteiger partial charge on any atom is -0.489 e. The lowest BCUT2D eigenvalue weighted by Crippen LogP contribution is -2.07. The van der Waals surface area contributed by atoms with E-state index in [9.17, 15) is 0 Å². The summed E-state index contributed by atoms with van der Waals surface area (Å²) in [5, 5.41) is 3.35. The maximum absolute atomic E-state index is 5.67. The van der Waals surface area contributed by atoms with Crippen LogP contribution in [-0.4, -0.2) is 26.9 Å². The molecule has 90 valence electrons. The van der Waals surface area contributed by atoms with Gasteiger partial charge in [0, 0.05) is 13.7 Å². The van der Waals surface area contributed by atoms with Crippen LogP contribution in [0.3, 0.4) is 0 Å². The van der Waals surface area contributed by atoms with Gasteiger partial charge in [0.15, 0.2) is 0 Å². The molecule has 1 N–H and O–H groups in total. The van der Waals surface area contributed by atoms with Crippen molar-refractivity contribution in [3.8, 4) is 5.75 Å². The molecule has 1 aromatic rings. The Kier molecular flexibility index (Phi) is 5.72. The normalized spacial score (nSPS) is 10.2. The van der Waals surface area contributed by atoms with E-state index in [2.05, 4.69) is 31.3 Å². The minimum absolute atomic E-state index is 0.584. The lowest BCUT2D eigenvalue weighted by Gasteiger charge is -2.13. The Bertz CT molecular complexity index is 313. The Morgan fingerprint density at radius 3 is 2.75 bits per heavy atom. The first-order chi connectivity index (χ1) is 7.77. The predicted molar refractivity (Wildman–Crippen MR) is 67.3 cm³/mol. The number of nitrogens with one attached hydrogen (secondary N) is 1. The van der Waals surface area contributed by atoms with E-state index in [0.29, 0.717) is 13.2 Å². The van der Waals surface area contributed by atoms with Crippen molar-refractivity contribution in [1.82, 2.24) is 0 Å². The van der Waals surface area contributed by atoms with Crippen LogP contribution in [0.15, 0.2) is 18.2 Å². The van der Waals surface area contributed by atoms with Crippen molar-refractivity contribution in [2.75, 3.05) is 32.2 Å². The molecule has 0 spiro atoms. The molecule has 0 atom stereocenters. The molecule has 0 fully saturated rings.